The van der Waals surface area contributed by atoms with Gasteiger partial charge in [-0.2, -0.15) is 0 Å². The van der Waals surface area contributed by atoms with E-state index in [1.165, 1.54) is 6.07 Å². The lowest BCUT2D eigenvalue weighted by Crippen LogP contribution is -2.09. The van der Waals surface area contributed by atoms with Crippen LogP contribution in [0.25, 0.3) is 5.69 Å². The van der Waals surface area contributed by atoms with Gasteiger partial charge >= 0.3 is 0 Å². The number of halogens is 1. The molecule has 0 bridgehead atoms. The standard InChI is InChI=1S/C13H16FN3/c1-2-4-13-16-7-8-17(13)12-6-3-5-11(14)10(12)9-15/h3,5-8H,2,4,9,15H2,1H3. The Morgan fingerprint density at radius 1 is 1.41 bits per heavy atom. The van der Waals surface area contributed by atoms with Gasteiger partial charge in [0.05, 0.1) is 5.69 Å². The maximum atomic E-state index is 13.6. The minimum absolute atomic E-state index is 0.186. The smallest absolute Gasteiger partial charge is 0.129 e. The van der Waals surface area contributed by atoms with Gasteiger partial charge < -0.3 is 10.3 Å². The van der Waals surface area contributed by atoms with Crippen molar-refractivity contribution in [2.24, 2.45) is 5.73 Å². The first-order valence-electron chi connectivity index (χ1n) is 5.78. The number of aryl methyl sites for hydroxylation is 1. The molecule has 0 amide bonds. The fourth-order valence-corrected chi connectivity index (χ4v) is 1.94. The molecule has 2 aromatic rings. The summed E-state index contributed by atoms with van der Waals surface area (Å²) in [6.07, 6.45) is 5.45. The molecule has 3 nitrogen and oxygen atoms in total. The Balaban J connectivity index is 2.52. The zero-order valence-corrected chi connectivity index (χ0v) is 9.86. The normalized spacial score (nSPS) is 10.8. The third kappa shape index (κ3) is 2.22. The second-order valence-electron chi connectivity index (χ2n) is 3.91. The molecular weight excluding hydrogens is 217 g/mol. The van der Waals surface area contributed by atoms with E-state index in [-0.39, 0.29) is 12.4 Å². The highest BCUT2D eigenvalue weighted by molar-refractivity contribution is 5.42. The number of imidazole rings is 1. The largest absolute Gasteiger partial charge is 0.326 e. The van der Waals surface area contributed by atoms with E-state index in [2.05, 4.69) is 11.9 Å². The van der Waals surface area contributed by atoms with E-state index in [1.807, 2.05) is 16.8 Å². The van der Waals surface area contributed by atoms with Crippen molar-refractivity contribution in [2.45, 2.75) is 26.3 Å². The second kappa shape index (κ2) is 5.10. The molecule has 1 aromatic carbocycles. The van der Waals surface area contributed by atoms with Crippen LogP contribution in [0.5, 0.6) is 0 Å². The Bertz CT molecular complexity index is 505. The van der Waals surface area contributed by atoms with Crippen LogP contribution in [0.2, 0.25) is 0 Å². The summed E-state index contributed by atoms with van der Waals surface area (Å²) in [5.74, 6) is 0.675. The minimum atomic E-state index is -0.263. The lowest BCUT2D eigenvalue weighted by Gasteiger charge is -2.12. The van der Waals surface area contributed by atoms with E-state index in [4.69, 9.17) is 5.73 Å². The number of nitrogens with zero attached hydrogens (tertiary/aromatic N) is 2. The predicted molar refractivity (Wildman–Crippen MR) is 65.4 cm³/mol. The van der Waals surface area contributed by atoms with E-state index in [0.717, 1.165) is 24.4 Å². The predicted octanol–water partition coefficient (Wildman–Crippen LogP) is 2.42. The molecule has 0 radical (unpaired) electrons. The fourth-order valence-electron chi connectivity index (χ4n) is 1.94. The molecule has 0 unspecified atom stereocenters. The molecule has 0 aliphatic rings. The molecule has 1 aromatic heterocycles. The number of benzene rings is 1. The SMILES string of the molecule is CCCc1nccn1-c1cccc(F)c1CN. The topological polar surface area (TPSA) is 43.8 Å². The molecule has 0 atom stereocenters. The van der Waals surface area contributed by atoms with Crippen LogP contribution in [-0.4, -0.2) is 9.55 Å². The third-order valence-electron chi connectivity index (χ3n) is 2.75. The van der Waals surface area contributed by atoms with Crippen LogP contribution in [0.15, 0.2) is 30.6 Å². The van der Waals surface area contributed by atoms with Crippen LogP contribution < -0.4 is 5.73 Å². The van der Waals surface area contributed by atoms with Crippen molar-refractivity contribution < 1.29 is 4.39 Å². The summed E-state index contributed by atoms with van der Waals surface area (Å²) >= 11 is 0. The highest BCUT2D eigenvalue weighted by Gasteiger charge is 2.11. The lowest BCUT2D eigenvalue weighted by molar-refractivity contribution is 0.608. The summed E-state index contributed by atoms with van der Waals surface area (Å²) in [4.78, 5) is 4.29. The van der Waals surface area contributed by atoms with E-state index < -0.39 is 0 Å². The van der Waals surface area contributed by atoms with Crippen LogP contribution in [0.4, 0.5) is 4.39 Å². The van der Waals surface area contributed by atoms with E-state index in [9.17, 15) is 4.39 Å². The summed E-state index contributed by atoms with van der Waals surface area (Å²) in [5.41, 5.74) is 6.92. The first kappa shape index (κ1) is 11.8. The van der Waals surface area contributed by atoms with Crippen molar-refractivity contribution in [3.63, 3.8) is 0 Å². The van der Waals surface area contributed by atoms with Crippen molar-refractivity contribution in [2.75, 3.05) is 0 Å². The van der Waals surface area contributed by atoms with Crippen molar-refractivity contribution in [1.82, 2.24) is 9.55 Å². The number of aromatic nitrogens is 2. The fraction of sp³-hybridized carbons (Fsp3) is 0.308. The first-order valence-corrected chi connectivity index (χ1v) is 5.78. The van der Waals surface area contributed by atoms with Crippen LogP contribution >= 0.6 is 0 Å². The molecule has 2 N–H and O–H groups in total. The molecule has 0 spiro atoms. The Morgan fingerprint density at radius 3 is 2.94 bits per heavy atom. The van der Waals surface area contributed by atoms with E-state index in [1.54, 1.807) is 12.3 Å². The zero-order chi connectivity index (χ0) is 12.3. The molecule has 0 aliphatic heterocycles. The summed E-state index contributed by atoms with van der Waals surface area (Å²) in [7, 11) is 0. The molecule has 0 fully saturated rings. The third-order valence-corrected chi connectivity index (χ3v) is 2.75. The highest BCUT2D eigenvalue weighted by Crippen LogP contribution is 2.19. The summed E-state index contributed by atoms with van der Waals surface area (Å²) in [6.45, 7) is 2.28. The summed E-state index contributed by atoms with van der Waals surface area (Å²) in [6, 6.07) is 4.99. The van der Waals surface area contributed by atoms with Crippen molar-refractivity contribution in [3.05, 3.63) is 47.8 Å². The summed E-state index contributed by atoms with van der Waals surface area (Å²) in [5, 5.41) is 0. The molecular formula is C13H16FN3. The number of hydrogen-bond acceptors (Lipinski definition) is 2. The van der Waals surface area contributed by atoms with Crippen LogP contribution in [0.1, 0.15) is 24.7 Å². The molecule has 4 heteroatoms. The molecule has 1 heterocycles. The summed E-state index contributed by atoms with van der Waals surface area (Å²) < 4.78 is 15.6. The maximum Gasteiger partial charge on any atom is 0.129 e. The van der Waals surface area contributed by atoms with Crippen molar-refractivity contribution >= 4 is 0 Å². The van der Waals surface area contributed by atoms with Crippen LogP contribution in [-0.2, 0) is 13.0 Å². The van der Waals surface area contributed by atoms with Gasteiger partial charge in [-0.05, 0) is 18.6 Å². The van der Waals surface area contributed by atoms with Gasteiger partial charge in [-0.15, -0.1) is 0 Å². The van der Waals surface area contributed by atoms with Gasteiger partial charge in [0.25, 0.3) is 0 Å². The monoisotopic (exact) mass is 233 g/mol. The molecule has 0 aliphatic carbocycles. The van der Waals surface area contributed by atoms with Crippen LogP contribution in [0, 0.1) is 5.82 Å². The molecule has 90 valence electrons. The van der Waals surface area contributed by atoms with Crippen molar-refractivity contribution in [3.8, 4) is 5.69 Å². The lowest BCUT2D eigenvalue weighted by atomic mass is 10.1. The van der Waals surface area contributed by atoms with Crippen LogP contribution in [0.3, 0.4) is 0 Å². The highest BCUT2D eigenvalue weighted by atomic mass is 19.1. The maximum absolute atomic E-state index is 13.6. The molecule has 0 saturated heterocycles. The Labute approximate surface area is 100 Å². The van der Waals surface area contributed by atoms with Gasteiger partial charge in [0, 0.05) is 30.9 Å². The van der Waals surface area contributed by atoms with Gasteiger partial charge in [0.1, 0.15) is 11.6 Å². The van der Waals surface area contributed by atoms with E-state index >= 15 is 0 Å². The quantitative estimate of drug-likeness (QED) is 0.881. The minimum Gasteiger partial charge on any atom is -0.326 e. The second-order valence-corrected chi connectivity index (χ2v) is 3.91. The average Bonchev–Trinajstić information content (AvgIpc) is 2.77. The zero-order valence-electron chi connectivity index (χ0n) is 9.86. The van der Waals surface area contributed by atoms with E-state index in [0.29, 0.717) is 5.56 Å². The van der Waals surface area contributed by atoms with Gasteiger partial charge in [0.2, 0.25) is 0 Å². The molecule has 17 heavy (non-hydrogen) atoms. The first-order chi connectivity index (χ1) is 8.27. The number of nitrogens with two attached hydrogens (primary N) is 1. The Morgan fingerprint density at radius 2 is 2.24 bits per heavy atom. The number of hydrogen-bond donors (Lipinski definition) is 1. The van der Waals surface area contributed by atoms with Gasteiger partial charge in [-0.3, -0.25) is 0 Å². The Kier molecular flexibility index (Phi) is 3.54. The van der Waals surface area contributed by atoms with Gasteiger partial charge in [-0.1, -0.05) is 13.0 Å². The van der Waals surface area contributed by atoms with Crippen molar-refractivity contribution in [1.29, 1.82) is 0 Å². The molecule has 0 saturated carbocycles. The van der Waals surface area contributed by atoms with Gasteiger partial charge in [-0.25, -0.2) is 9.37 Å². The number of rotatable bonds is 4. The Hall–Kier alpha value is -1.68. The van der Waals surface area contributed by atoms with Gasteiger partial charge in [0.15, 0.2) is 0 Å². The molecule has 2 rings (SSSR count). The average molecular weight is 233 g/mol.